The van der Waals surface area contributed by atoms with Crippen LogP contribution in [0.2, 0.25) is 0 Å². The number of rotatable bonds is 2. The Kier molecular flexibility index (Phi) is 3.97. The van der Waals surface area contributed by atoms with Crippen LogP contribution in [0.3, 0.4) is 0 Å². The third kappa shape index (κ3) is 3.12. The maximum atomic E-state index is 11.9. The molecular weight excluding hydrogens is 384 g/mol. The molecule has 0 spiro atoms. The number of sulfone groups is 1. The van der Waals surface area contributed by atoms with Crippen molar-refractivity contribution in [3.63, 3.8) is 0 Å². The molecule has 0 unspecified atom stereocenters. The molecule has 27 heavy (non-hydrogen) atoms. The third-order valence-corrected chi connectivity index (χ3v) is 7.51. The molecule has 3 aromatic rings. The second-order valence-electron chi connectivity index (χ2n) is 6.83. The molecule has 1 fully saturated rings. The topological polar surface area (TPSA) is 92.2 Å². The first kappa shape index (κ1) is 16.8. The molecule has 0 aromatic carbocycles. The van der Waals surface area contributed by atoms with E-state index in [4.69, 9.17) is 0 Å². The van der Waals surface area contributed by atoms with Gasteiger partial charge in [-0.15, -0.1) is 16.4 Å². The van der Waals surface area contributed by atoms with Gasteiger partial charge in [0, 0.05) is 32.6 Å². The average molecular weight is 403 g/mol. The molecule has 0 amide bonds. The summed E-state index contributed by atoms with van der Waals surface area (Å²) in [6, 6.07) is 3.97. The highest BCUT2D eigenvalue weighted by Crippen LogP contribution is 2.28. The first-order valence-corrected chi connectivity index (χ1v) is 11.5. The van der Waals surface area contributed by atoms with Crippen LogP contribution in [0.4, 0.5) is 11.6 Å². The number of hydrogen-bond donors (Lipinski definition) is 0. The Morgan fingerprint density at radius 3 is 2.70 bits per heavy atom. The van der Waals surface area contributed by atoms with Crippen molar-refractivity contribution in [2.24, 2.45) is 0 Å². The molecule has 5 heterocycles. The van der Waals surface area contributed by atoms with Gasteiger partial charge in [0.05, 0.1) is 22.6 Å². The van der Waals surface area contributed by atoms with Crippen LogP contribution in [-0.2, 0) is 22.0 Å². The van der Waals surface area contributed by atoms with Crippen molar-refractivity contribution >= 4 is 43.0 Å². The average Bonchev–Trinajstić information content (AvgIpc) is 3.16. The van der Waals surface area contributed by atoms with E-state index < -0.39 is 9.84 Å². The lowest BCUT2D eigenvalue weighted by atomic mass is 10.2. The first-order chi connectivity index (χ1) is 13.1. The number of anilines is 2. The first-order valence-electron chi connectivity index (χ1n) is 8.83. The van der Waals surface area contributed by atoms with Gasteiger partial charge < -0.3 is 9.80 Å². The van der Waals surface area contributed by atoms with Gasteiger partial charge in [0.1, 0.15) is 17.0 Å². The van der Waals surface area contributed by atoms with Crippen LogP contribution in [0, 0.1) is 0 Å². The molecule has 0 N–H and O–H groups in total. The molecule has 8 nitrogen and oxygen atoms in total. The quantitative estimate of drug-likeness (QED) is 0.633. The Bertz CT molecular complexity index is 1110. The van der Waals surface area contributed by atoms with Gasteiger partial charge in [-0.25, -0.2) is 18.4 Å². The van der Waals surface area contributed by atoms with Crippen LogP contribution < -0.4 is 9.80 Å². The smallest absolute Gasteiger partial charge is 0.154 e. The van der Waals surface area contributed by atoms with Crippen LogP contribution in [0.5, 0.6) is 0 Å². The van der Waals surface area contributed by atoms with Gasteiger partial charge in [0.25, 0.3) is 0 Å². The van der Waals surface area contributed by atoms with Gasteiger partial charge in [0.15, 0.2) is 15.7 Å². The predicted octanol–water partition coefficient (Wildman–Crippen LogP) is 1.28. The third-order valence-electron chi connectivity index (χ3n) is 5.12. The minimum Gasteiger partial charge on any atom is -0.352 e. The minimum absolute atomic E-state index is 0.0713. The van der Waals surface area contributed by atoms with Gasteiger partial charge in [-0.1, -0.05) is 0 Å². The van der Waals surface area contributed by atoms with Gasteiger partial charge in [-0.3, -0.25) is 0 Å². The number of piperazine rings is 1. The van der Waals surface area contributed by atoms with Gasteiger partial charge in [-0.2, -0.15) is 5.10 Å². The van der Waals surface area contributed by atoms with Crippen LogP contribution in [0.15, 0.2) is 23.8 Å². The van der Waals surface area contributed by atoms with Gasteiger partial charge in [0.2, 0.25) is 0 Å². The lowest BCUT2D eigenvalue weighted by Gasteiger charge is -2.36. The van der Waals surface area contributed by atoms with Crippen LogP contribution >= 0.6 is 11.3 Å². The largest absolute Gasteiger partial charge is 0.352 e. The molecule has 140 valence electrons. The van der Waals surface area contributed by atoms with Crippen molar-refractivity contribution in [1.29, 1.82) is 0 Å². The zero-order valence-corrected chi connectivity index (χ0v) is 16.2. The summed E-state index contributed by atoms with van der Waals surface area (Å²) in [7, 11) is -3.01. The number of aromatic nitrogens is 4. The summed E-state index contributed by atoms with van der Waals surface area (Å²) in [5.74, 6) is 1.97. The summed E-state index contributed by atoms with van der Waals surface area (Å²) in [5, 5.41) is 11.8. The summed E-state index contributed by atoms with van der Waals surface area (Å²) in [6.45, 7) is 3.21. The molecular formula is C17H18N6O2S2. The zero-order chi connectivity index (χ0) is 18.4. The Labute approximate surface area is 160 Å². The van der Waals surface area contributed by atoms with Crippen molar-refractivity contribution < 1.29 is 8.42 Å². The summed E-state index contributed by atoms with van der Waals surface area (Å²) >= 11 is 1.62. The van der Waals surface area contributed by atoms with E-state index in [-0.39, 0.29) is 11.5 Å². The Morgan fingerprint density at radius 2 is 1.85 bits per heavy atom. The Morgan fingerprint density at radius 1 is 1.04 bits per heavy atom. The van der Waals surface area contributed by atoms with E-state index in [1.165, 1.54) is 0 Å². The molecule has 0 aliphatic carbocycles. The normalized spacial score (nSPS) is 19.3. The maximum absolute atomic E-state index is 11.9. The monoisotopic (exact) mass is 402 g/mol. The molecule has 5 rings (SSSR count). The summed E-state index contributed by atoms with van der Waals surface area (Å²) in [4.78, 5) is 14.2. The van der Waals surface area contributed by atoms with Gasteiger partial charge >= 0.3 is 0 Å². The van der Waals surface area contributed by atoms with E-state index in [2.05, 4.69) is 36.0 Å². The van der Waals surface area contributed by atoms with E-state index in [0.29, 0.717) is 6.42 Å². The molecule has 1 saturated heterocycles. The van der Waals surface area contributed by atoms with E-state index in [1.807, 2.05) is 11.4 Å². The fourth-order valence-corrected chi connectivity index (χ4v) is 5.77. The number of fused-ring (bicyclic) bond motifs is 2. The van der Waals surface area contributed by atoms with Crippen molar-refractivity contribution in [2.45, 2.75) is 12.2 Å². The van der Waals surface area contributed by atoms with Crippen molar-refractivity contribution in [1.82, 2.24) is 20.2 Å². The molecule has 0 atom stereocenters. The SMILES string of the molecule is O=S1(=O)CCc2nnc(N3CCN(c4ncnc5sccc45)CC3)cc2C1. The Hall–Kier alpha value is -2.33. The van der Waals surface area contributed by atoms with Crippen molar-refractivity contribution in [3.05, 3.63) is 35.1 Å². The highest BCUT2D eigenvalue weighted by Gasteiger charge is 2.26. The number of hydrogen-bond acceptors (Lipinski definition) is 9. The number of thiophene rings is 1. The summed E-state index contributed by atoms with van der Waals surface area (Å²) in [6.07, 6.45) is 2.08. The van der Waals surface area contributed by atoms with Gasteiger partial charge in [-0.05, 0) is 23.1 Å². The molecule has 0 saturated carbocycles. The maximum Gasteiger partial charge on any atom is 0.154 e. The fourth-order valence-electron chi connectivity index (χ4n) is 3.67. The zero-order valence-electron chi connectivity index (χ0n) is 14.6. The standard InChI is InChI=1S/C17H18N6O2S2/c24-27(25)8-2-14-12(10-27)9-15(21-20-14)22-3-5-23(6-4-22)16-13-1-7-26-17(13)19-11-18-16/h1,7,9,11H,2-6,8,10H2. The summed E-state index contributed by atoms with van der Waals surface area (Å²) in [5.41, 5.74) is 1.61. The minimum atomic E-state index is -3.01. The van der Waals surface area contributed by atoms with E-state index in [0.717, 1.165) is 59.3 Å². The highest BCUT2D eigenvalue weighted by atomic mass is 32.2. The van der Waals surface area contributed by atoms with Crippen LogP contribution in [0.1, 0.15) is 11.3 Å². The van der Waals surface area contributed by atoms with E-state index in [9.17, 15) is 8.42 Å². The molecule has 2 aliphatic rings. The van der Waals surface area contributed by atoms with Crippen molar-refractivity contribution in [3.8, 4) is 0 Å². The van der Waals surface area contributed by atoms with Crippen LogP contribution in [0.25, 0.3) is 10.2 Å². The lowest BCUT2D eigenvalue weighted by Crippen LogP contribution is -2.47. The molecule has 0 bridgehead atoms. The molecule has 3 aromatic heterocycles. The predicted molar refractivity (Wildman–Crippen MR) is 105 cm³/mol. The number of aryl methyl sites for hydroxylation is 1. The van der Waals surface area contributed by atoms with Crippen LogP contribution in [-0.4, -0.2) is 60.5 Å². The highest BCUT2D eigenvalue weighted by molar-refractivity contribution is 7.90. The van der Waals surface area contributed by atoms with Crippen molar-refractivity contribution in [2.75, 3.05) is 41.7 Å². The van der Waals surface area contributed by atoms with E-state index >= 15 is 0 Å². The number of nitrogens with zero attached hydrogens (tertiary/aromatic N) is 6. The molecule has 0 radical (unpaired) electrons. The summed E-state index contributed by atoms with van der Waals surface area (Å²) < 4.78 is 23.8. The Balaban J connectivity index is 1.34. The molecule has 2 aliphatic heterocycles. The second kappa shape index (κ2) is 6.38. The fraction of sp³-hybridized carbons (Fsp3) is 0.412. The van der Waals surface area contributed by atoms with E-state index in [1.54, 1.807) is 17.7 Å². The second-order valence-corrected chi connectivity index (χ2v) is 9.91. The molecule has 10 heteroatoms. The lowest BCUT2D eigenvalue weighted by molar-refractivity contribution is 0.589.